The van der Waals surface area contributed by atoms with E-state index in [0.717, 1.165) is 48.0 Å². The molecule has 2 rings (SSSR count). The Morgan fingerprint density at radius 1 is 1.20 bits per heavy atom. The van der Waals surface area contributed by atoms with E-state index in [0.29, 0.717) is 19.1 Å². The minimum atomic E-state index is 0.601. The van der Waals surface area contributed by atoms with Crippen LogP contribution in [0.15, 0.2) is 12.1 Å². The molecule has 0 saturated heterocycles. The summed E-state index contributed by atoms with van der Waals surface area (Å²) in [5.41, 5.74) is 1.16. The van der Waals surface area contributed by atoms with Crippen molar-refractivity contribution in [3.8, 4) is 11.5 Å². The van der Waals surface area contributed by atoms with Gasteiger partial charge in [-0.3, -0.25) is 0 Å². The number of fused-ring (bicyclic) bond motifs is 1. The molecule has 1 aromatic carbocycles. The second kappa shape index (κ2) is 7.75. The van der Waals surface area contributed by atoms with Gasteiger partial charge in [-0.05, 0) is 49.9 Å². The van der Waals surface area contributed by atoms with Crippen LogP contribution in [0.1, 0.15) is 32.3 Å². The SMILES string of the molecule is CCNCCC(C)CCc1cc2c(cc1Cl)OCCO2. The topological polar surface area (TPSA) is 30.5 Å². The van der Waals surface area contributed by atoms with Crippen molar-refractivity contribution in [3.05, 3.63) is 22.7 Å². The van der Waals surface area contributed by atoms with Gasteiger partial charge in [0, 0.05) is 11.1 Å². The lowest BCUT2D eigenvalue weighted by Crippen LogP contribution is -2.17. The van der Waals surface area contributed by atoms with Gasteiger partial charge in [0.25, 0.3) is 0 Å². The van der Waals surface area contributed by atoms with Crippen molar-refractivity contribution in [2.75, 3.05) is 26.3 Å². The monoisotopic (exact) mass is 297 g/mol. The number of benzene rings is 1. The van der Waals surface area contributed by atoms with E-state index in [9.17, 15) is 0 Å². The number of aryl methyl sites for hydroxylation is 1. The van der Waals surface area contributed by atoms with Crippen LogP contribution >= 0.6 is 11.6 Å². The summed E-state index contributed by atoms with van der Waals surface area (Å²) in [5.74, 6) is 2.29. The van der Waals surface area contributed by atoms with Gasteiger partial charge in [0.05, 0.1) is 0 Å². The molecule has 1 atom stereocenters. The smallest absolute Gasteiger partial charge is 0.162 e. The Morgan fingerprint density at radius 2 is 1.90 bits per heavy atom. The maximum Gasteiger partial charge on any atom is 0.162 e. The molecule has 0 radical (unpaired) electrons. The number of hydrogen-bond acceptors (Lipinski definition) is 3. The predicted molar refractivity (Wildman–Crippen MR) is 83.1 cm³/mol. The van der Waals surface area contributed by atoms with Gasteiger partial charge in [-0.2, -0.15) is 0 Å². The van der Waals surface area contributed by atoms with Crippen molar-refractivity contribution in [2.24, 2.45) is 5.92 Å². The van der Waals surface area contributed by atoms with E-state index in [-0.39, 0.29) is 0 Å². The normalized spacial score (nSPS) is 15.2. The van der Waals surface area contributed by atoms with Gasteiger partial charge in [0.15, 0.2) is 11.5 Å². The Hall–Kier alpha value is -0.930. The molecule has 0 spiro atoms. The first-order valence-electron chi connectivity index (χ1n) is 7.49. The van der Waals surface area contributed by atoms with E-state index >= 15 is 0 Å². The van der Waals surface area contributed by atoms with Crippen molar-refractivity contribution in [2.45, 2.75) is 33.1 Å². The summed E-state index contributed by atoms with van der Waals surface area (Å²) in [5, 5.41) is 4.15. The molecule has 0 aromatic heterocycles. The minimum absolute atomic E-state index is 0.601. The summed E-state index contributed by atoms with van der Waals surface area (Å²) in [6.45, 7) is 7.79. The van der Waals surface area contributed by atoms with Gasteiger partial charge < -0.3 is 14.8 Å². The fraction of sp³-hybridized carbons (Fsp3) is 0.625. The van der Waals surface area contributed by atoms with Crippen molar-refractivity contribution in [3.63, 3.8) is 0 Å². The number of hydrogen-bond donors (Lipinski definition) is 1. The van der Waals surface area contributed by atoms with Crippen LogP contribution in [-0.4, -0.2) is 26.3 Å². The molecule has 1 unspecified atom stereocenters. The van der Waals surface area contributed by atoms with Crippen molar-refractivity contribution in [1.82, 2.24) is 5.32 Å². The van der Waals surface area contributed by atoms with Gasteiger partial charge in [-0.1, -0.05) is 25.4 Å². The number of halogens is 1. The highest BCUT2D eigenvalue weighted by atomic mass is 35.5. The Bertz CT molecular complexity index is 437. The zero-order chi connectivity index (χ0) is 14.4. The third-order valence-electron chi connectivity index (χ3n) is 3.68. The lowest BCUT2D eigenvalue weighted by molar-refractivity contribution is 0.171. The van der Waals surface area contributed by atoms with E-state index in [1.165, 1.54) is 6.42 Å². The summed E-state index contributed by atoms with van der Waals surface area (Å²) in [7, 11) is 0. The predicted octanol–water partition coefficient (Wildman–Crippen LogP) is 3.68. The second-order valence-electron chi connectivity index (χ2n) is 5.37. The zero-order valence-corrected chi connectivity index (χ0v) is 13.1. The molecule has 0 bridgehead atoms. The standard InChI is InChI=1S/C16H24ClNO2/c1-3-18-7-6-12(2)4-5-13-10-15-16(11-14(13)17)20-9-8-19-15/h10-12,18H,3-9H2,1-2H3. The summed E-state index contributed by atoms with van der Waals surface area (Å²) in [6, 6.07) is 3.92. The van der Waals surface area contributed by atoms with Crippen molar-refractivity contribution in [1.29, 1.82) is 0 Å². The van der Waals surface area contributed by atoms with Crippen LogP contribution in [0, 0.1) is 5.92 Å². The number of rotatable bonds is 7. The Balaban J connectivity index is 1.89. The summed E-state index contributed by atoms with van der Waals surface area (Å²) >= 11 is 6.32. The molecule has 1 aliphatic rings. The lowest BCUT2D eigenvalue weighted by Gasteiger charge is -2.20. The van der Waals surface area contributed by atoms with Gasteiger partial charge in [-0.15, -0.1) is 0 Å². The maximum absolute atomic E-state index is 6.32. The Kier molecular flexibility index (Phi) is 5.99. The van der Waals surface area contributed by atoms with E-state index in [2.05, 4.69) is 19.2 Å². The van der Waals surface area contributed by atoms with E-state index in [1.54, 1.807) is 0 Å². The summed E-state index contributed by atoms with van der Waals surface area (Å²) in [6.07, 6.45) is 3.34. The molecule has 0 amide bonds. The van der Waals surface area contributed by atoms with E-state index < -0.39 is 0 Å². The van der Waals surface area contributed by atoms with Gasteiger partial charge in [0.2, 0.25) is 0 Å². The molecule has 1 N–H and O–H groups in total. The largest absolute Gasteiger partial charge is 0.486 e. The first kappa shape index (κ1) is 15.5. The zero-order valence-electron chi connectivity index (χ0n) is 12.4. The highest BCUT2D eigenvalue weighted by Gasteiger charge is 2.15. The molecule has 1 heterocycles. The van der Waals surface area contributed by atoms with Gasteiger partial charge in [0.1, 0.15) is 13.2 Å². The molecule has 1 aromatic rings. The molecular weight excluding hydrogens is 274 g/mol. The first-order valence-corrected chi connectivity index (χ1v) is 7.87. The van der Waals surface area contributed by atoms with Crippen LogP contribution in [0.25, 0.3) is 0 Å². The number of ether oxygens (including phenoxy) is 2. The van der Waals surface area contributed by atoms with Crippen LogP contribution in [0.5, 0.6) is 11.5 Å². The molecule has 0 aliphatic carbocycles. The van der Waals surface area contributed by atoms with Crippen LogP contribution in [-0.2, 0) is 6.42 Å². The third kappa shape index (κ3) is 4.29. The van der Waals surface area contributed by atoms with Crippen molar-refractivity contribution >= 4 is 11.6 Å². The molecule has 1 aliphatic heterocycles. The van der Waals surface area contributed by atoms with Crippen LogP contribution in [0.4, 0.5) is 0 Å². The molecular formula is C16H24ClNO2. The Morgan fingerprint density at radius 3 is 2.60 bits per heavy atom. The summed E-state index contributed by atoms with van der Waals surface area (Å²) in [4.78, 5) is 0. The van der Waals surface area contributed by atoms with E-state index in [4.69, 9.17) is 21.1 Å². The van der Waals surface area contributed by atoms with Crippen LogP contribution in [0.3, 0.4) is 0 Å². The average Bonchev–Trinajstić information content (AvgIpc) is 2.45. The highest BCUT2D eigenvalue weighted by Crippen LogP contribution is 2.36. The molecule has 0 saturated carbocycles. The first-order chi connectivity index (χ1) is 9.70. The Labute approximate surface area is 126 Å². The molecule has 112 valence electrons. The molecule has 3 nitrogen and oxygen atoms in total. The van der Waals surface area contributed by atoms with Crippen LogP contribution < -0.4 is 14.8 Å². The average molecular weight is 298 g/mol. The molecule has 20 heavy (non-hydrogen) atoms. The second-order valence-corrected chi connectivity index (χ2v) is 5.78. The fourth-order valence-corrected chi connectivity index (χ4v) is 2.62. The van der Waals surface area contributed by atoms with Crippen LogP contribution in [0.2, 0.25) is 5.02 Å². The van der Waals surface area contributed by atoms with Gasteiger partial charge in [-0.25, -0.2) is 0 Å². The third-order valence-corrected chi connectivity index (χ3v) is 4.03. The van der Waals surface area contributed by atoms with Crippen molar-refractivity contribution < 1.29 is 9.47 Å². The van der Waals surface area contributed by atoms with Gasteiger partial charge >= 0.3 is 0 Å². The highest BCUT2D eigenvalue weighted by molar-refractivity contribution is 6.31. The lowest BCUT2D eigenvalue weighted by atomic mass is 9.98. The number of nitrogens with one attached hydrogen (secondary N) is 1. The van der Waals surface area contributed by atoms with E-state index in [1.807, 2.05) is 12.1 Å². The minimum Gasteiger partial charge on any atom is -0.486 e. The summed E-state index contributed by atoms with van der Waals surface area (Å²) < 4.78 is 11.1. The fourth-order valence-electron chi connectivity index (χ4n) is 2.37. The maximum atomic E-state index is 6.32. The quantitative estimate of drug-likeness (QED) is 0.779. The molecule has 4 heteroatoms. The molecule has 0 fully saturated rings.